The average Bonchev–Trinajstić information content (AvgIpc) is 2.79. The Morgan fingerprint density at radius 2 is 1.96 bits per heavy atom. The normalized spacial score (nSPS) is 16.8. The van der Waals surface area contributed by atoms with Crippen molar-refractivity contribution >= 4 is 23.0 Å². The van der Waals surface area contributed by atoms with Crippen molar-refractivity contribution < 1.29 is 22.7 Å². The lowest BCUT2D eigenvalue weighted by molar-refractivity contribution is -0.141. The Kier molecular flexibility index (Phi) is 5.40. The maximum absolute atomic E-state index is 13.1. The van der Waals surface area contributed by atoms with E-state index in [2.05, 4.69) is 15.3 Å². The van der Waals surface area contributed by atoms with Crippen molar-refractivity contribution in [1.29, 1.82) is 0 Å². The highest BCUT2D eigenvalue weighted by atomic mass is 19.4. The van der Waals surface area contributed by atoms with Crippen molar-refractivity contribution in [2.75, 3.05) is 5.32 Å². The van der Waals surface area contributed by atoms with Gasteiger partial charge < -0.3 is 4.74 Å². The molecule has 0 saturated heterocycles. The zero-order chi connectivity index (χ0) is 20.7. The maximum atomic E-state index is 13.1. The fourth-order valence-electron chi connectivity index (χ4n) is 3.29. The molecule has 1 aliphatic carbocycles. The van der Waals surface area contributed by atoms with Gasteiger partial charge in [-0.3, -0.25) is 14.7 Å². The molecule has 28 heavy (non-hydrogen) atoms. The summed E-state index contributed by atoms with van der Waals surface area (Å²) in [6, 6.07) is 2.19. The van der Waals surface area contributed by atoms with E-state index >= 15 is 0 Å². The van der Waals surface area contributed by atoms with Crippen molar-refractivity contribution in [2.24, 2.45) is 0 Å². The molecule has 154 valence electrons. The van der Waals surface area contributed by atoms with Crippen molar-refractivity contribution in [3.8, 4) is 0 Å². The Balaban J connectivity index is 1.87. The zero-order valence-corrected chi connectivity index (χ0v) is 16.4. The van der Waals surface area contributed by atoms with Crippen LogP contribution in [-0.2, 0) is 15.7 Å². The molecule has 1 N–H and O–H groups in total. The van der Waals surface area contributed by atoms with Crippen LogP contribution >= 0.6 is 0 Å². The third-order valence-corrected chi connectivity index (χ3v) is 4.55. The van der Waals surface area contributed by atoms with E-state index in [1.54, 1.807) is 11.5 Å². The molecule has 1 unspecified atom stereocenters. The van der Waals surface area contributed by atoms with Crippen LogP contribution in [0.3, 0.4) is 0 Å². The van der Waals surface area contributed by atoms with Gasteiger partial charge in [0.2, 0.25) is 11.9 Å². The fourth-order valence-corrected chi connectivity index (χ4v) is 3.29. The van der Waals surface area contributed by atoms with Crippen LogP contribution in [-0.4, -0.2) is 32.1 Å². The molecule has 2 heterocycles. The van der Waals surface area contributed by atoms with Gasteiger partial charge in [0, 0.05) is 6.04 Å². The van der Waals surface area contributed by atoms with Gasteiger partial charge in [0.25, 0.3) is 0 Å². The molecular weight excluding hydrogens is 373 g/mol. The summed E-state index contributed by atoms with van der Waals surface area (Å²) in [5, 5.41) is 2.74. The van der Waals surface area contributed by atoms with Crippen molar-refractivity contribution in [3.05, 3.63) is 17.8 Å². The number of alkyl halides is 3. The number of hydrogen-bond donors (Lipinski definition) is 1. The molecule has 0 bridgehead atoms. The van der Waals surface area contributed by atoms with Crippen LogP contribution in [0.5, 0.6) is 0 Å². The minimum Gasteiger partial charge on any atom is -0.372 e. The third kappa shape index (κ3) is 4.63. The van der Waals surface area contributed by atoms with Crippen LogP contribution in [0.15, 0.2) is 12.1 Å². The summed E-state index contributed by atoms with van der Waals surface area (Å²) in [5.74, 6) is -0.0665. The van der Waals surface area contributed by atoms with E-state index in [1.807, 2.05) is 20.8 Å². The van der Waals surface area contributed by atoms with E-state index in [0.717, 1.165) is 25.3 Å². The molecule has 6 nitrogen and oxygen atoms in total. The molecule has 3 rings (SSSR count). The first-order chi connectivity index (χ1) is 12.9. The molecular formula is C19H25F3N4O2. The predicted octanol–water partition coefficient (Wildman–Crippen LogP) is 4.71. The fraction of sp³-hybridized carbons (Fsp3) is 0.632. The largest absolute Gasteiger partial charge is 0.433 e. The van der Waals surface area contributed by atoms with E-state index in [9.17, 15) is 18.0 Å². The number of halogens is 3. The maximum Gasteiger partial charge on any atom is 0.433 e. The highest BCUT2D eigenvalue weighted by molar-refractivity contribution is 5.91. The summed E-state index contributed by atoms with van der Waals surface area (Å²) in [5.41, 5.74) is -0.870. The van der Waals surface area contributed by atoms with E-state index in [1.165, 1.54) is 6.07 Å². The SMILES string of the molecule is CC(CC(=O)Nc1nc2ccc(C(F)(F)F)nc2n1C1CCC1)OC(C)(C)C. The van der Waals surface area contributed by atoms with E-state index in [4.69, 9.17) is 4.74 Å². The molecule has 1 atom stereocenters. The number of aromatic nitrogens is 3. The van der Waals surface area contributed by atoms with Gasteiger partial charge in [0.05, 0.1) is 18.1 Å². The van der Waals surface area contributed by atoms with Crippen molar-refractivity contribution in [1.82, 2.24) is 14.5 Å². The highest BCUT2D eigenvalue weighted by Crippen LogP contribution is 2.38. The summed E-state index contributed by atoms with van der Waals surface area (Å²) in [7, 11) is 0. The number of pyridine rings is 1. The molecule has 2 aromatic rings. The number of anilines is 1. The molecule has 2 aromatic heterocycles. The summed E-state index contributed by atoms with van der Waals surface area (Å²) in [6.45, 7) is 7.51. The van der Waals surface area contributed by atoms with Gasteiger partial charge in [-0.25, -0.2) is 9.97 Å². The summed E-state index contributed by atoms with van der Waals surface area (Å²) < 4.78 is 46.6. The van der Waals surface area contributed by atoms with Crippen LogP contribution in [0.4, 0.5) is 19.1 Å². The summed E-state index contributed by atoms with van der Waals surface area (Å²) in [6.07, 6.45) is -2.12. The van der Waals surface area contributed by atoms with Crippen LogP contribution in [0.25, 0.3) is 11.2 Å². The minimum absolute atomic E-state index is 0.0143. The lowest BCUT2D eigenvalue weighted by Gasteiger charge is -2.29. The molecule has 9 heteroatoms. The quantitative estimate of drug-likeness (QED) is 0.792. The molecule has 0 spiro atoms. The van der Waals surface area contributed by atoms with E-state index in [0.29, 0.717) is 5.52 Å². The first-order valence-corrected chi connectivity index (χ1v) is 9.38. The molecule has 0 radical (unpaired) electrons. The number of carbonyl (C=O) groups is 1. The number of imidazole rings is 1. The Hall–Kier alpha value is -2.16. The molecule has 1 saturated carbocycles. The monoisotopic (exact) mass is 398 g/mol. The Morgan fingerprint density at radius 1 is 1.29 bits per heavy atom. The number of hydrogen-bond acceptors (Lipinski definition) is 4. The van der Waals surface area contributed by atoms with E-state index < -0.39 is 11.9 Å². The van der Waals surface area contributed by atoms with Gasteiger partial charge in [0.1, 0.15) is 11.2 Å². The molecule has 1 aliphatic rings. The number of amides is 1. The second-order valence-corrected chi connectivity index (χ2v) is 8.22. The Bertz CT molecular complexity index is 866. The number of fused-ring (bicyclic) bond motifs is 1. The Labute approximate surface area is 161 Å². The minimum atomic E-state index is -4.54. The first kappa shape index (κ1) is 20.6. The van der Waals surface area contributed by atoms with Gasteiger partial charge in [-0.15, -0.1) is 0 Å². The summed E-state index contributed by atoms with van der Waals surface area (Å²) >= 11 is 0. The highest BCUT2D eigenvalue weighted by Gasteiger charge is 2.34. The van der Waals surface area contributed by atoms with Gasteiger partial charge in [0.15, 0.2) is 5.65 Å². The number of nitrogens with zero attached hydrogens (tertiary/aromatic N) is 3. The van der Waals surface area contributed by atoms with Gasteiger partial charge in [-0.2, -0.15) is 13.2 Å². The number of carbonyl (C=O) groups excluding carboxylic acids is 1. The topological polar surface area (TPSA) is 69.0 Å². The second kappa shape index (κ2) is 7.35. The number of rotatable bonds is 5. The van der Waals surface area contributed by atoms with Crippen molar-refractivity contribution in [2.45, 2.75) is 77.3 Å². The van der Waals surface area contributed by atoms with Crippen LogP contribution in [0.2, 0.25) is 0 Å². The lowest BCUT2D eigenvalue weighted by atomic mass is 9.93. The van der Waals surface area contributed by atoms with Gasteiger partial charge in [-0.05, 0) is 59.1 Å². The molecule has 0 aliphatic heterocycles. The zero-order valence-electron chi connectivity index (χ0n) is 16.4. The van der Waals surface area contributed by atoms with Gasteiger partial charge in [-0.1, -0.05) is 0 Å². The Morgan fingerprint density at radius 3 is 2.50 bits per heavy atom. The molecule has 1 fully saturated rings. The van der Waals surface area contributed by atoms with Crippen LogP contribution in [0, 0.1) is 0 Å². The van der Waals surface area contributed by atoms with Crippen LogP contribution in [0.1, 0.15) is 65.1 Å². The first-order valence-electron chi connectivity index (χ1n) is 9.38. The van der Waals surface area contributed by atoms with Crippen molar-refractivity contribution in [3.63, 3.8) is 0 Å². The second-order valence-electron chi connectivity index (χ2n) is 8.22. The van der Waals surface area contributed by atoms with Gasteiger partial charge >= 0.3 is 6.18 Å². The molecule has 1 amide bonds. The number of nitrogens with one attached hydrogen (secondary N) is 1. The lowest BCUT2D eigenvalue weighted by Crippen LogP contribution is -2.29. The smallest absolute Gasteiger partial charge is 0.372 e. The standard InChI is InChI=1S/C19H25F3N4O2/c1-11(28-18(2,3)4)10-15(27)25-17-23-13-8-9-14(19(20,21)22)24-16(13)26(17)12-6-5-7-12/h8-9,11-12H,5-7,10H2,1-4H3,(H,23,25,27). The number of ether oxygens (including phenoxy) is 1. The van der Waals surface area contributed by atoms with Crippen LogP contribution < -0.4 is 5.32 Å². The van der Waals surface area contributed by atoms with E-state index in [-0.39, 0.29) is 41.7 Å². The predicted molar refractivity (Wildman–Crippen MR) is 99.0 cm³/mol. The summed E-state index contributed by atoms with van der Waals surface area (Å²) in [4.78, 5) is 20.6. The molecule has 0 aromatic carbocycles. The average molecular weight is 398 g/mol. The third-order valence-electron chi connectivity index (χ3n) is 4.55.